The molecule has 0 aliphatic carbocycles. The van der Waals surface area contributed by atoms with Crippen molar-refractivity contribution in [3.8, 4) is 16.9 Å². The molecular formula is C25H24FNO2. The zero-order valence-corrected chi connectivity index (χ0v) is 16.9. The van der Waals surface area contributed by atoms with E-state index in [0.29, 0.717) is 5.75 Å². The third kappa shape index (κ3) is 5.18. The van der Waals surface area contributed by atoms with Gasteiger partial charge in [0.25, 0.3) is 0 Å². The molecule has 3 aromatic rings. The van der Waals surface area contributed by atoms with Gasteiger partial charge in [-0.15, -0.1) is 0 Å². The van der Waals surface area contributed by atoms with E-state index in [1.165, 1.54) is 25.3 Å². The van der Waals surface area contributed by atoms with E-state index in [1.807, 2.05) is 44.4 Å². The number of allylic oxidation sites excluding steroid dienone is 1. The van der Waals surface area contributed by atoms with Crippen LogP contribution in [-0.2, 0) is 6.54 Å². The van der Waals surface area contributed by atoms with Gasteiger partial charge in [-0.25, -0.2) is 4.39 Å². The Bertz CT molecular complexity index is 1030. The van der Waals surface area contributed by atoms with Crippen molar-refractivity contribution >= 4 is 11.9 Å². The molecule has 0 unspecified atom stereocenters. The molecule has 0 aromatic heterocycles. The van der Waals surface area contributed by atoms with Crippen LogP contribution in [0, 0.1) is 5.82 Å². The highest BCUT2D eigenvalue weighted by Gasteiger charge is 2.11. The standard InChI is InChI=1S/C25H24FNO2/c1-27(2)17-21-10-9-19(18-7-5-4-6-8-18)15-20(21)11-14-25(28)23-13-12-22(29-3)16-24(23)26/h4-16H,17H2,1-3H3/b14-11+. The molecule has 0 aliphatic heterocycles. The average Bonchev–Trinajstić information content (AvgIpc) is 2.73. The maximum atomic E-state index is 14.2. The Balaban J connectivity index is 1.94. The van der Waals surface area contributed by atoms with E-state index >= 15 is 0 Å². The molecule has 0 N–H and O–H groups in total. The lowest BCUT2D eigenvalue weighted by Crippen LogP contribution is -2.11. The molecule has 0 saturated carbocycles. The Labute approximate surface area is 171 Å². The van der Waals surface area contributed by atoms with E-state index in [2.05, 4.69) is 23.1 Å². The Morgan fingerprint density at radius 2 is 1.76 bits per heavy atom. The van der Waals surface area contributed by atoms with Gasteiger partial charge in [0, 0.05) is 12.6 Å². The topological polar surface area (TPSA) is 29.5 Å². The van der Waals surface area contributed by atoms with Crippen LogP contribution in [0.4, 0.5) is 4.39 Å². The lowest BCUT2D eigenvalue weighted by Gasteiger charge is -2.14. The second kappa shape index (κ2) is 9.30. The molecule has 0 atom stereocenters. The molecule has 148 valence electrons. The van der Waals surface area contributed by atoms with Crippen molar-refractivity contribution in [2.75, 3.05) is 21.2 Å². The maximum absolute atomic E-state index is 14.2. The van der Waals surface area contributed by atoms with E-state index in [0.717, 1.165) is 28.8 Å². The molecule has 3 aromatic carbocycles. The summed E-state index contributed by atoms with van der Waals surface area (Å²) in [7, 11) is 5.45. The summed E-state index contributed by atoms with van der Waals surface area (Å²) in [6.07, 6.45) is 3.19. The van der Waals surface area contributed by atoms with Crippen molar-refractivity contribution in [1.82, 2.24) is 4.90 Å². The molecule has 0 bridgehead atoms. The first-order chi connectivity index (χ1) is 14.0. The Morgan fingerprint density at radius 3 is 2.41 bits per heavy atom. The summed E-state index contributed by atoms with van der Waals surface area (Å²) in [6.45, 7) is 0.736. The monoisotopic (exact) mass is 389 g/mol. The fourth-order valence-corrected chi connectivity index (χ4v) is 3.12. The van der Waals surface area contributed by atoms with E-state index in [-0.39, 0.29) is 11.3 Å². The number of halogens is 1. The number of nitrogens with zero attached hydrogens (tertiary/aromatic N) is 1. The first-order valence-corrected chi connectivity index (χ1v) is 9.37. The van der Waals surface area contributed by atoms with Crippen LogP contribution in [-0.4, -0.2) is 31.9 Å². The molecule has 0 fully saturated rings. The summed E-state index contributed by atoms with van der Waals surface area (Å²) in [5.74, 6) is -0.594. The van der Waals surface area contributed by atoms with Gasteiger partial charge in [-0.05, 0) is 60.6 Å². The summed E-state index contributed by atoms with van der Waals surface area (Å²) in [4.78, 5) is 14.6. The lowest BCUT2D eigenvalue weighted by molar-refractivity contribution is 0.104. The van der Waals surface area contributed by atoms with Gasteiger partial charge in [0.05, 0.1) is 12.7 Å². The second-order valence-corrected chi connectivity index (χ2v) is 7.06. The number of carbonyl (C=O) groups is 1. The molecule has 0 amide bonds. The van der Waals surface area contributed by atoms with Crippen LogP contribution in [0.25, 0.3) is 17.2 Å². The van der Waals surface area contributed by atoms with Crippen molar-refractivity contribution in [3.63, 3.8) is 0 Å². The van der Waals surface area contributed by atoms with Crippen molar-refractivity contribution in [2.24, 2.45) is 0 Å². The van der Waals surface area contributed by atoms with Gasteiger partial charge in [0.2, 0.25) is 0 Å². The van der Waals surface area contributed by atoms with E-state index in [9.17, 15) is 9.18 Å². The van der Waals surface area contributed by atoms with Crippen LogP contribution in [0.1, 0.15) is 21.5 Å². The first-order valence-electron chi connectivity index (χ1n) is 9.37. The highest BCUT2D eigenvalue weighted by Crippen LogP contribution is 2.24. The predicted molar refractivity (Wildman–Crippen MR) is 116 cm³/mol. The Kier molecular flexibility index (Phi) is 6.57. The fourth-order valence-electron chi connectivity index (χ4n) is 3.12. The highest BCUT2D eigenvalue weighted by molar-refractivity contribution is 6.07. The molecule has 0 heterocycles. The molecule has 0 saturated heterocycles. The highest BCUT2D eigenvalue weighted by atomic mass is 19.1. The minimum Gasteiger partial charge on any atom is -0.497 e. The minimum atomic E-state index is -0.592. The van der Waals surface area contributed by atoms with Gasteiger partial charge in [-0.3, -0.25) is 4.79 Å². The van der Waals surface area contributed by atoms with Crippen molar-refractivity contribution in [2.45, 2.75) is 6.54 Å². The molecule has 0 spiro atoms. The number of methoxy groups -OCH3 is 1. The molecule has 3 nitrogen and oxygen atoms in total. The number of benzene rings is 3. The van der Waals surface area contributed by atoms with Crippen LogP contribution < -0.4 is 4.74 Å². The number of ketones is 1. The van der Waals surface area contributed by atoms with Crippen molar-refractivity contribution in [3.05, 3.63) is 95.3 Å². The quantitative estimate of drug-likeness (QED) is 0.397. The summed E-state index contributed by atoms with van der Waals surface area (Å²) in [6, 6.07) is 20.5. The number of ether oxygens (including phenoxy) is 1. The molecule has 29 heavy (non-hydrogen) atoms. The molecular weight excluding hydrogens is 365 g/mol. The molecule has 0 aliphatic rings. The predicted octanol–water partition coefficient (Wildman–Crippen LogP) is 5.46. The summed E-state index contributed by atoms with van der Waals surface area (Å²) < 4.78 is 19.2. The number of hydrogen-bond acceptors (Lipinski definition) is 3. The normalized spacial score (nSPS) is 11.2. The Hall–Kier alpha value is -3.24. The third-order valence-corrected chi connectivity index (χ3v) is 4.60. The summed E-state index contributed by atoms with van der Waals surface area (Å²) >= 11 is 0. The van der Waals surface area contributed by atoms with Crippen LogP contribution in [0.5, 0.6) is 5.75 Å². The van der Waals surface area contributed by atoms with Crippen LogP contribution in [0.3, 0.4) is 0 Å². The van der Waals surface area contributed by atoms with Gasteiger partial charge in [0.1, 0.15) is 11.6 Å². The third-order valence-electron chi connectivity index (χ3n) is 4.60. The average molecular weight is 389 g/mol. The molecule has 0 radical (unpaired) electrons. The minimum absolute atomic E-state index is 0.0235. The van der Waals surface area contributed by atoms with Gasteiger partial charge in [0.15, 0.2) is 5.78 Å². The van der Waals surface area contributed by atoms with E-state index in [4.69, 9.17) is 4.74 Å². The SMILES string of the molecule is COc1ccc(C(=O)/C=C/c2cc(-c3ccccc3)ccc2CN(C)C)c(F)c1. The summed E-state index contributed by atoms with van der Waals surface area (Å²) in [5.41, 5.74) is 4.22. The van der Waals surface area contributed by atoms with E-state index < -0.39 is 5.82 Å². The number of rotatable bonds is 7. The Morgan fingerprint density at radius 1 is 1.00 bits per heavy atom. The number of carbonyl (C=O) groups excluding carboxylic acids is 1. The zero-order valence-electron chi connectivity index (χ0n) is 16.9. The smallest absolute Gasteiger partial charge is 0.188 e. The van der Waals surface area contributed by atoms with Crippen molar-refractivity contribution in [1.29, 1.82) is 0 Å². The van der Waals surface area contributed by atoms with Crippen LogP contribution >= 0.6 is 0 Å². The van der Waals surface area contributed by atoms with Gasteiger partial charge < -0.3 is 9.64 Å². The lowest BCUT2D eigenvalue weighted by atomic mass is 9.98. The largest absolute Gasteiger partial charge is 0.497 e. The fraction of sp³-hybridized carbons (Fsp3) is 0.160. The molecule has 4 heteroatoms. The summed E-state index contributed by atoms with van der Waals surface area (Å²) in [5, 5.41) is 0. The van der Waals surface area contributed by atoms with Crippen LogP contribution in [0.15, 0.2) is 72.8 Å². The molecule has 3 rings (SSSR count). The zero-order chi connectivity index (χ0) is 20.8. The van der Waals surface area contributed by atoms with Crippen molar-refractivity contribution < 1.29 is 13.9 Å². The second-order valence-electron chi connectivity index (χ2n) is 7.06. The maximum Gasteiger partial charge on any atom is 0.188 e. The number of hydrogen-bond donors (Lipinski definition) is 0. The first kappa shape index (κ1) is 20.5. The van der Waals surface area contributed by atoms with Gasteiger partial charge in [-0.1, -0.05) is 48.5 Å². The van der Waals surface area contributed by atoms with Gasteiger partial charge in [-0.2, -0.15) is 0 Å². The van der Waals surface area contributed by atoms with Gasteiger partial charge >= 0.3 is 0 Å². The van der Waals surface area contributed by atoms with Crippen LogP contribution in [0.2, 0.25) is 0 Å². The van der Waals surface area contributed by atoms with E-state index in [1.54, 1.807) is 12.1 Å².